The molecule has 0 rings (SSSR count). The molecule has 0 aliphatic heterocycles. The third-order valence-corrected chi connectivity index (χ3v) is 10.9. The van der Waals surface area contributed by atoms with Crippen molar-refractivity contribution in [1.29, 1.82) is 0 Å². The first-order valence-electron chi connectivity index (χ1n) is 14.6. The number of carbonyl (C=O) groups excluding carboxylic acids is 2. The van der Waals surface area contributed by atoms with E-state index in [1.165, 1.54) is 64.2 Å². The Bertz CT molecular complexity index is 416. The number of unbranched alkanes of at least 4 members (excludes halogenated alkanes) is 6. The van der Waals surface area contributed by atoms with Crippen molar-refractivity contribution in [2.24, 2.45) is 23.7 Å². The molecule has 0 bridgehead atoms. The third kappa shape index (κ3) is 39.2. The Morgan fingerprint density at radius 2 is 0.857 bits per heavy atom. The van der Waals surface area contributed by atoms with Crippen LogP contribution in [0.2, 0.25) is 8.87 Å². The molecule has 2 nitrogen and oxygen atoms in total. The molecule has 0 aromatic carbocycles. The average Bonchev–Trinajstić information content (AvgIpc) is 2.78. The second-order valence-corrected chi connectivity index (χ2v) is 16.0. The van der Waals surface area contributed by atoms with Crippen molar-refractivity contribution in [3.05, 3.63) is 0 Å². The molecule has 0 amide bonds. The molecule has 0 saturated heterocycles. The van der Waals surface area contributed by atoms with Crippen LogP contribution in [0.3, 0.4) is 0 Å². The predicted octanol–water partition coefficient (Wildman–Crippen LogP) is 9.73. The van der Waals surface area contributed by atoms with Crippen LogP contribution in [0.25, 0.3) is 0 Å². The molecule has 35 heavy (non-hydrogen) atoms. The van der Waals surface area contributed by atoms with Gasteiger partial charge >= 0.3 is 69.5 Å². The summed E-state index contributed by atoms with van der Waals surface area (Å²) < 4.78 is 3.25. The van der Waals surface area contributed by atoms with Gasteiger partial charge in [0, 0.05) is 10.2 Å². The molecular weight excluding hydrogens is 575 g/mol. The van der Waals surface area contributed by atoms with Gasteiger partial charge < -0.3 is 34.8 Å². The topological polar surface area (TPSA) is 34.1 Å². The molecule has 0 aromatic rings. The molecule has 0 aromatic heterocycles. The number of rotatable bonds is 20. The minimum absolute atomic E-state index is 0.0798. The summed E-state index contributed by atoms with van der Waals surface area (Å²) in [5.41, 5.74) is 0. The van der Waals surface area contributed by atoms with Crippen molar-refractivity contribution in [3.63, 3.8) is 0 Å². The summed E-state index contributed by atoms with van der Waals surface area (Å²) in [5, 5.41) is -0.160. The van der Waals surface area contributed by atoms with E-state index >= 15 is 0 Å². The molecule has 0 fully saturated rings. The standard InChI is InChI=1S/2C11H22OS.2C4H9.Sn/c2*1-9(2)7-5-4-6-8-10(3)11(12)13;2*1-3-4-2;/h2*9-10H,4-8H2,1-3H3,(H,12,13);2*1,3-4H2,2H3;/q;;;;+2/p-2. The second kappa shape index (κ2) is 30.8. The number of carbonyl (C=O) groups is 2. The van der Waals surface area contributed by atoms with Gasteiger partial charge in [-0.25, -0.2) is 0 Å². The summed E-state index contributed by atoms with van der Waals surface area (Å²) in [6, 6.07) is 0. The summed E-state index contributed by atoms with van der Waals surface area (Å²) >= 11 is 9.31. The van der Waals surface area contributed by atoms with E-state index < -0.39 is 0 Å². The minimum atomic E-state index is -0.0798. The van der Waals surface area contributed by atoms with E-state index in [-0.39, 0.29) is 43.2 Å². The molecule has 0 aliphatic rings. The van der Waals surface area contributed by atoms with Gasteiger partial charge in [0.15, 0.2) is 0 Å². The summed E-state index contributed by atoms with van der Waals surface area (Å²) in [6.45, 7) is 17.4. The van der Waals surface area contributed by atoms with Crippen LogP contribution < -0.4 is 0 Å². The van der Waals surface area contributed by atoms with E-state index in [0.717, 1.165) is 37.5 Å². The maximum atomic E-state index is 10.7. The molecule has 0 saturated carbocycles. The van der Waals surface area contributed by atoms with E-state index in [1.54, 1.807) is 8.87 Å². The van der Waals surface area contributed by atoms with Gasteiger partial charge in [0.05, 0.1) is 0 Å². The van der Waals surface area contributed by atoms with E-state index in [0.29, 0.717) is 0 Å². The van der Waals surface area contributed by atoms with Gasteiger partial charge in [-0.3, -0.25) is 0 Å². The second-order valence-electron chi connectivity index (χ2n) is 11.0. The van der Waals surface area contributed by atoms with Crippen LogP contribution in [0.4, 0.5) is 0 Å². The van der Waals surface area contributed by atoms with Crippen LogP contribution in [0.15, 0.2) is 0 Å². The van der Waals surface area contributed by atoms with Crippen LogP contribution in [-0.2, 0) is 34.8 Å². The van der Waals surface area contributed by atoms with Gasteiger partial charge in [0.25, 0.3) is 0 Å². The zero-order valence-electron chi connectivity index (χ0n) is 24.8. The summed E-state index contributed by atoms with van der Waals surface area (Å²) in [4.78, 5) is 21.5. The normalized spacial score (nSPS) is 12.2. The fourth-order valence-electron chi connectivity index (χ4n) is 3.32. The zero-order chi connectivity index (χ0) is 27.5. The fraction of sp³-hybridized carbons (Fsp3) is 0.933. The van der Waals surface area contributed by atoms with Crippen LogP contribution in [0.1, 0.15) is 145 Å². The Labute approximate surface area is 242 Å². The van der Waals surface area contributed by atoms with E-state index in [4.69, 9.17) is 0 Å². The molecule has 2 atom stereocenters. The first-order valence-corrected chi connectivity index (χ1v) is 19.5. The Morgan fingerprint density at radius 3 is 1.11 bits per heavy atom. The molecule has 2 unspecified atom stereocenters. The maximum absolute atomic E-state index is 10.7. The van der Waals surface area contributed by atoms with Crippen molar-refractivity contribution >= 4 is 56.6 Å². The predicted molar refractivity (Wildman–Crippen MR) is 164 cm³/mol. The van der Waals surface area contributed by atoms with Crippen LogP contribution >= 0.6 is 0 Å². The van der Waals surface area contributed by atoms with Crippen LogP contribution in [0.5, 0.6) is 0 Å². The van der Waals surface area contributed by atoms with Crippen molar-refractivity contribution in [1.82, 2.24) is 0 Å². The SMILES string of the molecule is CC(C)CCCCCC(C)C(=O)[S-].CC(C)CCCCCC(C)C(=O)[S-].CCC[CH2][Sn+2][CH2]CCC. The quantitative estimate of drug-likeness (QED) is 0.0758. The number of hydrogen-bond acceptors (Lipinski definition) is 4. The first-order chi connectivity index (χ1) is 16.5. The Hall–Kier alpha value is 0.579. The monoisotopic (exact) mass is 636 g/mol. The van der Waals surface area contributed by atoms with Gasteiger partial charge in [-0.1, -0.05) is 92.9 Å². The van der Waals surface area contributed by atoms with Crippen LogP contribution in [0, 0.1) is 23.7 Å². The molecule has 0 heterocycles. The van der Waals surface area contributed by atoms with Crippen molar-refractivity contribution in [2.45, 2.75) is 154 Å². The van der Waals surface area contributed by atoms with Crippen molar-refractivity contribution in [3.8, 4) is 0 Å². The van der Waals surface area contributed by atoms with Gasteiger partial charge in [-0.2, -0.15) is 0 Å². The third-order valence-electron chi connectivity index (χ3n) is 6.06. The zero-order valence-corrected chi connectivity index (χ0v) is 29.2. The molecule has 0 N–H and O–H groups in total. The van der Waals surface area contributed by atoms with Gasteiger partial charge in [0.2, 0.25) is 0 Å². The molecule has 208 valence electrons. The van der Waals surface area contributed by atoms with Gasteiger partial charge in [0.1, 0.15) is 0 Å². The summed E-state index contributed by atoms with van der Waals surface area (Å²) in [5.74, 6) is 1.79. The van der Waals surface area contributed by atoms with Crippen molar-refractivity contribution < 1.29 is 9.59 Å². The molecule has 0 aliphatic carbocycles. The van der Waals surface area contributed by atoms with Gasteiger partial charge in [-0.15, -0.1) is 0 Å². The summed E-state index contributed by atoms with van der Waals surface area (Å²) in [7, 11) is 0. The summed E-state index contributed by atoms with van der Waals surface area (Å²) in [6.07, 6.45) is 17.7. The molecule has 0 spiro atoms. The Kier molecular flexibility index (Phi) is 35.3. The van der Waals surface area contributed by atoms with E-state index in [2.05, 4.69) is 66.8 Å². The Balaban J connectivity index is -0.000000448. The van der Waals surface area contributed by atoms with Crippen molar-refractivity contribution in [2.75, 3.05) is 0 Å². The number of hydrogen-bond donors (Lipinski definition) is 0. The van der Waals surface area contributed by atoms with Gasteiger partial charge in [-0.05, 0) is 36.5 Å². The van der Waals surface area contributed by atoms with E-state index in [1.807, 2.05) is 13.8 Å². The molecular formula is C30H60O2S2Sn. The fourth-order valence-corrected chi connectivity index (χ4v) is 7.72. The average molecular weight is 636 g/mol. The molecule has 5 heteroatoms. The Morgan fingerprint density at radius 1 is 0.543 bits per heavy atom. The van der Waals surface area contributed by atoms with E-state index in [9.17, 15) is 9.59 Å². The van der Waals surface area contributed by atoms with Crippen LogP contribution in [-0.4, -0.2) is 31.4 Å². The first kappa shape index (κ1) is 40.1. The molecule has 0 radical (unpaired) electrons.